The van der Waals surface area contributed by atoms with E-state index in [4.69, 9.17) is 4.74 Å². The summed E-state index contributed by atoms with van der Waals surface area (Å²) in [6.45, 7) is 0.186. The minimum Gasteiger partial charge on any atom is -0.461 e. The van der Waals surface area contributed by atoms with Crippen LogP contribution in [0.1, 0.15) is 12.8 Å². The van der Waals surface area contributed by atoms with Crippen molar-refractivity contribution in [2.75, 3.05) is 20.1 Å². The highest BCUT2D eigenvalue weighted by atomic mass is 19.1. The van der Waals surface area contributed by atoms with Gasteiger partial charge in [-0.25, -0.2) is 4.39 Å². The molecule has 1 heterocycles. The summed E-state index contributed by atoms with van der Waals surface area (Å²) in [5.74, 6) is 0.0179. The molecule has 128 valence electrons. The van der Waals surface area contributed by atoms with Gasteiger partial charge in [-0.15, -0.1) is 0 Å². The number of benzene rings is 1. The minimum absolute atomic E-state index is 0.0443. The lowest BCUT2D eigenvalue weighted by Crippen LogP contribution is -2.65. The molecule has 2 atom stereocenters. The third-order valence-corrected chi connectivity index (χ3v) is 4.49. The lowest BCUT2D eigenvalue weighted by molar-refractivity contribution is -0.620. The van der Waals surface area contributed by atoms with Gasteiger partial charge in [0.1, 0.15) is 17.3 Å². The Hall–Kier alpha value is -2.55. The van der Waals surface area contributed by atoms with E-state index >= 15 is 0 Å². The summed E-state index contributed by atoms with van der Waals surface area (Å²) in [4.78, 5) is 24.0. The SMILES string of the molecule is CN1C[C@@]2([N+](=O)[O-])C=C(Oc3ccc(F)cc3)C[C@@]([N+](=O)[O-])(C1)C2. The molecule has 0 amide bonds. The molecular formula is C15H16FN3O5. The highest BCUT2D eigenvalue weighted by Gasteiger charge is 2.64. The van der Waals surface area contributed by atoms with Crippen molar-refractivity contribution < 1.29 is 19.0 Å². The lowest BCUT2D eigenvalue weighted by Gasteiger charge is -2.43. The van der Waals surface area contributed by atoms with E-state index in [0.29, 0.717) is 0 Å². The summed E-state index contributed by atoms with van der Waals surface area (Å²) in [7, 11) is 1.63. The maximum atomic E-state index is 13.0. The molecule has 1 aliphatic heterocycles. The Labute approximate surface area is 136 Å². The Kier molecular flexibility index (Phi) is 3.75. The number of rotatable bonds is 4. The van der Waals surface area contributed by atoms with E-state index < -0.39 is 26.7 Å². The Balaban J connectivity index is 2.00. The third-order valence-electron chi connectivity index (χ3n) is 4.49. The van der Waals surface area contributed by atoms with Crippen molar-refractivity contribution >= 4 is 0 Å². The molecule has 0 spiro atoms. The summed E-state index contributed by atoms with van der Waals surface area (Å²) in [6.07, 6.45) is 1.16. The maximum absolute atomic E-state index is 13.0. The van der Waals surface area contributed by atoms with Gasteiger partial charge in [0.15, 0.2) is 0 Å². The van der Waals surface area contributed by atoms with Crippen molar-refractivity contribution in [1.82, 2.24) is 4.90 Å². The van der Waals surface area contributed by atoms with Crippen LogP contribution < -0.4 is 4.74 Å². The van der Waals surface area contributed by atoms with Crippen molar-refractivity contribution in [2.24, 2.45) is 0 Å². The Morgan fingerprint density at radius 2 is 1.83 bits per heavy atom. The second-order valence-corrected chi connectivity index (χ2v) is 6.53. The maximum Gasteiger partial charge on any atom is 0.263 e. The molecule has 9 heteroatoms. The van der Waals surface area contributed by atoms with Crippen molar-refractivity contribution in [3.05, 3.63) is 62.1 Å². The van der Waals surface area contributed by atoms with Gasteiger partial charge in [-0.3, -0.25) is 25.1 Å². The van der Waals surface area contributed by atoms with Crippen molar-refractivity contribution in [1.29, 1.82) is 0 Å². The molecular weight excluding hydrogens is 321 g/mol. The minimum atomic E-state index is -1.56. The molecule has 2 aliphatic rings. The van der Waals surface area contributed by atoms with Gasteiger partial charge < -0.3 is 4.74 Å². The molecule has 1 saturated heterocycles. The van der Waals surface area contributed by atoms with E-state index in [9.17, 15) is 24.6 Å². The lowest BCUT2D eigenvalue weighted by atomic mass is 9.71. The zero-order valence-electron chi connectivity index (χ0n) is 13.0. The molecule has 0 N–H and O–H groups in total. The van der Waals surface area contributed by atoms with Crippen LogP contribution in [-0.2, 0) is 0 Å². The number of halogens is 1. The first-order chi connectivity index (χ1) is 11.2. The van der Waals surface area contributed by atoms with Gasteiger partial charge in [0.25, 0.3) is 5.54 Å². The molecule has 8 nitrogen and oxygen atoms in total. The molecule has 24 heavy (non-hydrogen) atoms. The number of ether oxygens (including phenoxy) is 1. The van der Waals surface area contributed by atoms with Crippen molar-refractivity contribution in [2.45, 2.75) is 23.9 Å². The molecule has 3 rings (SSSR count). The fourth-order valence-electron chi connectivity index (χ4n) is 3.68. The third kappa shape index (κ3) is 2.71. The number of hydrogen-bond acceptors (Lipinski definition) is 6. The number of piperidine rings is 1. The van der Waals surface area contributed by atoms with Crippen LogP contribution >= 0.6 is 0 Å². The van der Waals surface area contributed by atoms with Gasteiger partial charge in [0.05, 0.1) is 25.9 Å². The number of fused-ring (bicyclic) bond motifs is 2. The van der Waals surface area contributed by atoms with Crippen LogP contribution in [0.5, 0.6) is 5.75 Å². The van der Waals surface area contributed by atoms with Crippen LogP contribution in [0.4, 0.5) is 4.39 Å². The zero-order chi connectivity index (χ0) is 17.5. The second-order valence-electron chi connectivity index (χ2n) is 6.53. The van der Waals surface area contributed by atoms with E-state index in [1.807, 2.05) is 0 Å². The molecule has 1 aromatic rings. The predicted molar refractivity (Wildman–Crippen MR) is 81.3 cm³/mol. The quantitative estimate of drug-likeness (QED) is 0.614. The molecule has 1 aliphatic carbocycles. The van der Waals surface area contributed by atoms with Gasteiger partial charge in [0.2, 0.25) is 5.54 Å². The summed E-state index contributed by atoms with van der Waals surface area (Å²) >= 11 is 0. The van der Waals surface area contributed by atoms with Crippen LogP contribution in [-0.4, -0.2) is 46.0 Å². The van der Waals surface area contributed by atoms with Crippen LogP contribution in [0.2, 0.25) is 0 Å². The number of likely N-dealkylation sites (tertiary alicyclic amines) is 1. The first-order valence-corrected chi connectivity index (χ1v) is 7.37. The Morgan fingerprint density at radius 3 is 2.42 bits per heavy atom. The monoisotopic (exact) mass is 337 g/mol. The highest BCUT2D eigenvalue weighted by Crippen LogP contribution is 2.43. The fourth-order valence-corrected chi connectivity index (χ4v) is 3.68. The number of hydrogen-bond donors (Lipinski definition) is 0. The molecule has 1 aromatic carbocycles. The number of likely N-dealkylation sites (N-methyl/N-ethyl adjacent to an activating group) is 1. The summed E-state index contributed by atoms with van der Waals surface area (Å²) in [5.41, 5.74) is -3.03. The average molecular weight is 337 g/mol. The molecule has 0 radical (unpaired) electrons. The highest BCUT2D eigenvalue weighted by molar-refractivity contribution is 5.28. The van der Waals surface area contributed by atoms with E-state index in [1.165, 1.54) is 30.3 Å². The number of nitro groups is 2. The van der Waals surface area contributed by atoms with E-state index in [-0.39, 0.29) is 37.4 Å². The Morgan fingerprint density at radius 1 is 1.17 bits per heavy atom. The van der Waals surface area contributed by atoms with Crippen molar-refractivity contribution in [3.8, 4) is 5.75 Å². The largest absolute Gasteiger partial charge is 0.461 e. The van der Waals surface area contributed by atoms with Crippen molar-refractivity contribution in [3.63, 3.8) is 0 Å². The molecule has 0 saturated carbocycles. The van der Waals surface area contributed by atoms with Gasteiger partial charge >= 0.3 is 0 Å². The summed E-state index contributed by atoms with van der Waals surface area (Å²) in [5, 5.41) is 23.3. The molecule has 1 fully saturated rings. The smallest absolute Gasteiger partial charge is 0.263 e. The van der Waals surface area contributed by atoms with Gasteiger partial charge in [-0.2, -0.15) is 0 Å². The molecule has 2 bridgehead atoms. The van der Waals surface area contributed by atoms with E-state index in [0.717, 1.165) is 0 Å². The van der Waals surface area contributed by atoms with Gasteiger partial charge in [0, 0.05) is 15.9 Å². The fraction of sp³-hybridized carbons (Fsp3) is 0.467. The van der Waals surface area contributed by atoms with E-state index in [1.54, 1.807) is 11.9 Å². The Bertz CT molecular complexity index is 722. The topological polar surface area (TPSA) is 98.8 Å². The van der Waals surface area contributed by atoms with Gasteiger partial charge in [-0.1, -0.05) is 0 Å². The first-order valence-electron chi connectivity index (χ1n) is 7.37. The first kappa shape index (κ1) is 16.3. The summed E-state index contributed by atoms with van der Waals surface area (Å²) < 4.78 is 18.6. The van der Waals surface area contributed by atoms with E-state index in [2.05, 4.69) is 0 Å². The van der Waals surface area contributed by atoms with Crippen LogP contribution in [0.25, 0.3) is 0 Å². The standard InChI is InChI=1S/C15H16FN3O5/c1-17-9-14(18(20)21)6-13(7-15(8-14,10-17)19(22)23)24-12-4-2-11(16)3-5-12/h2-6H,7-10H2,1H3/t14-,15+/m1/s1. The van der Waals surface area contributed by atoms with Gasteiger partial charge in [-0.05, 0) is 31.3 Å². The number of nitrogens with zero attached hydrogens (tertiary/aromatic N) is 3. The second kappa shape index (κ2) is 5.52. The zero-order valence-corrected chi connectivity index (χ0v) is 13.0. The van der Waals surface area contributed by atoms with Crippen LogP contribution in [0.15, 0.2) is 36.1 Å². The summed E-state index contributed by atoms with van der Waals surface area (Å²) in [6, 6.07) is 5.15. The molecule has 0 aromatic heterocycles. The predicted octanol–water partition coefficient (Wildman–Crippen LogP) is 1.86. The average Bonchev–Trinajstić information content (AvgIpc) is 2.48. The molecule has 0 unspecified atom stereocenters. The normalized spacial score (nSPS) is 29.7. The van der Waals surface area contributed by atoms with Crippen LogP contribution in [0.3, 0.4) is 0 Å². The van der Waals surface area contributed by atoms with Crippen LogP contribution in [0, 0.1) is 26.0 Å².